The third-order valence-electron chi connectivity index (χ3n) is 2.91. The van der Waals surface area contributed by atoms with Crippen molar-refractivity contribution in [2.24, 2.45) is 0 Å². The quantitative estimate of drug-likeness (QED) is 0.715. The molecule has 0 saturated carbocycles. The van der Waals surface area contributed by atoms with Crippen molar-refractivity contribution >= 4 is 0 Å². The van der Waals surface area contributed by atoms with Gasteiger partial charge < -0.3 is 0 Å². The van der Waals surface area contributed by atoms with E-state index in [9.17, 15) is 8.78 Å². The first-order chi connectivity index (χ1) is 8.13. The summed E-state index contributed by atoms with van der Waals surface area (Å²) in [5.41, 5.74) is 2.53. The maximum atomic E-state index is 13.9. The molecule has 0 saturated heterocycles. The first-order valence-electron chi connectivity index (χ1n) is 5.67. The van der Waals surface area contributed by atoms with E-state index in [1.807, 2.05) is 26.0 Å². The second kappa shape index (κ2) is 4.66. The molecule has 0 aliphatic rings. The first-order valence-corrected chi connectivity index (χ1v) is 5.67. The molecule has 0 heterocycles. The van der Waals surface area contributed by atoms with Crippen LogP contribution in [0.25, 0.3) is 11.1 Å². The summed E-state index contributed by atoms with van der Waals surface area (Å²) < 4.78 is 27.5. The second-order valence-electron chi connectivity index (χ2n) is 4.12. The molecule has 2 aromatic carbocycles. The topological polar surface area (TPSA) is 0 Å². The zero-order chi connectivity index (χ0) is 12.4. The van der Waals surface area contributed by atoms with Crippen molar-refractivity contribution in [2.45, 2.75) is 20.3 Å². The number of aryl methyl sites for hydroxylation is 2. The van der Waals surface area contributed by atoms with Crippen LogP contribution in [0.3, 0.4) is 0 Å². The molecule has 0 unspecified atom stereocenters. The average Bonchev–Trinajstić information content (AvgIpc) is 2.34. The van der Waals surface area contributed by atoms with E-state index in [1.54, 1.807) is 24.3 Å². The highest BCUT2D eigenvalue weighted by molar-refractivity contribution is 5.65. The minimum atomic E-state index is -0.756. The normalized spacial score (nSPS) is 10.6. The molecule has 0 nitrogen and oxygen atoms in total. The minimum Gasteiger partial charge on any atom is -0.203 e. The summed E-state index contributed by atoms with van der Waals surface area (Å²) in [5.74, 6) is -1.49. The van der Waals surface area contributed by atoms with Crippen LogP contribution in [0, 0.1) is 18.6 Å². The molecule has 0 aliphatic heterocycles. The summed E-state index contributed by atoms with van der Waals surface area (Å²) in [5, 5.41) is 0. The summed E-state index contributed by atoms with van der Waals surface area (Å²) >= 11 is 0. The zero-order valence-corrected chi connectivity index (χ0v) is 9.93. The van der Waals surface area contributed by atoms with Gasteiger partial charge in [-0.3, -0.25) is 0 Å². The largest absolute Gasteiger partial charge is 0.203 e. The maximum absolute atomic E-state index is 13.9. The van der Waals surface area contributed by atoms with Gasteiger partial charge in [-0.15, -0.1) is 0 Å². The molecule has 17 heavy (non-hydrogen) atoms. The summed E-state index contributed by atoms with van der Waals surface area (Å²) in [6.07, 6.45) is 0.497. The van der Waals surface area contributed by atoms with Crippen LogP contribution in [0.4, 0.5) is 8.78 Å². The van der Waals surface area contributed by atoms with Crippen LogP contribution >= 0.6 is 0 Å². The van der Waals surface area contributed by atoms with E-state index < -0.39 is 11.6 Å². The van der Waals surface area contributed by atoms with Gasteiger partial charge in [0.25, 0.3) is 0 Å². The van der Waals surface area contributed by atoms with E-state index in [-0.39, 0.29) is 0 Å². The maximum Gasteiger partial charge on any atom is 0.166 e. The van der Waals surface area contributed by atoms with E-state index in [2.05, 4.69) is 0 Å². The van der Waals surface area contributed by atoms with E-state index in [4.69, 9.17) is 0 Å². The van der Waals surface area contributed by atoms with Crippen molar-refractivity contribution in [1.29, 1.82) is 0 Å². The van der Waals surface area contributed by atoms with Crippen molar-refractivity contribution < 1.29 is 8.78 Å². The van der Waals surface area contributed by atoms with Crippen molar-refractivity contribution in [3.05, 3.63) is 59.2 Å². The summed E-state index contributed by atoms with van der Waals surface area (Å²) in [6, 6.07) is 10.7. The Morgan fingerprint density at radius 3 is 2.12 bits per heavy atom. The predicted octanol–water partition coefficient (Wildman–Crippen LogP) is 4.50. The summed E-state index contributed by atoms with van der Waals surface area (Å²) in [4.78, 5) is 0. The lowest BCUT2D eigenvalue weighted by molar-refractivity contribution is 0.502. The fraction of sp³-hybridized carbons (Fsp3) is 0.200. The van der Waals surface area contributed by atoms with Crippen molar-refractivity contribution in [3.8, 4) is 11.1 Å². The SMILES string of the molecule is CCc1ccc(-c2ccc(C)cc2)c(F)c1F. The van der Waals surface area contributed by atoms with Gasteiger partial charge in [-0.05, 0) is 24.5 Å². The van der Waals surface area contributed by atoms with Crippen LogP contribution in [0.5, 0.6) is 0 Å². The lowest BCUT2D eigenvalue weighted by Gasteiger charge is -2.07. The lowest BCUT2D eigenvalue weighted by Crippen LogP contribution is -1.95. The second-order valence-corrected chi connectivity index (χ2v) is 4.12. The van der Waals surface area contributed by atoms with E-state index in [0.29, 0.717) is 23.1 Å². The van der Waals surface area contributed by atoms with E-state index in [1.165, 1.54) is 0 Å². The molecular formula is C15H14F2. The minimum absolute atomic E-state index is 0.319. The molecular weight excluding hydrogens is 218 g/mol. The van der Waals surface area contributed by atoms with Crippen molar-refractivity contribution in [3.63, 3.8) is 0 Å². The number of benzene rings is 2. The van der Waals surface area contributed by atoms with Gasteiger partial charge >= 0.3 is 0 Å². The monoisotopic (exact) mass is 232 g/mol. The summed E-state index contributed by atoms with van der Waals surface area (Å²) in [7, 11) is 0. The third kappa shape index (κ3) is 2.21. The molecule has 0 aliphatic carbocycles. The van der Waals surface area contributed by atoms with Crippen LogP contribution in [-0.4, -0.2) is 0 Å². The van der Waals surface area contributed by atoms with Gasteiger partial charge in [-0.2, -0.15) is 0 Å². The van der Waals surface area contributed by atoms with E-state index in [0.717, 1.165) is 5.56 Å². The Bertz CT molecular complexity index is 527. The van der Waals surface area contributed by atoms with Gasteiger partial charge in [0.05, 0.1) is 0 Å². The average molecular weight is 232 g/mol. The van der Waals surface area contributed by atoms with Crippen LogP contribution in [-0.2, 0) is 6.42 Å². The molecule has 0 atom stereocenters. The lowest BCUT2D eigenvalue weighted by atomic mass is 10.0. The molecule has 0 fully saturated rings. The fourth-order valence-corrected chi connectivity index (χ4v) is 1.82. The van der Waals surface area contributed by atoms with Gasteiger partial charge in [0.15, 0.2) is 11.6 Å². The highest BCUT2D eigenvalue weighted by atomic mass is 19.2. The Morgan fingerprint density at radius 1 is 0.882 bits per heavy atom. The Morgan fingerprint density at radius 2 is 1.53 bits per heavy atom. The Balaban J connectivity index is 2.53. The molecule has 88 valence electrons. The highest BCUT2D eigenvalue weighted by Gasteiger charge is 2.13. The van der Waals surface area contributed by atoms with Gasteiger partial charge in [0.2, 0.25) is 0 Å². The molecule has 0 radical (unpaired) electrons. The first kappa shape index (κ1) is 11.8. The third-order valence-corrected chi connectivity index (χ3v) is 2.91. The van der Waals surface area contributed by atoms with Crippen LogP contribution in [0.1, 0.15) is 18.1 Å². The molecule has 0 amide bonds. The molecule has 0 spiro atoms. The molecule has 0 N–H and O–H groups in total. The Hall–Kier alpha value is -1.70. The van der Waals surface area contributed by atoms with Gasteiger partial charge in [0, 0.05) is 5.56 Å². The van der Waals surface area contributed by atoms with Gasteiger partial charge in [0.1, 0.15) is 0 Å². The van der Waals surface area contributed by atoms with Crippen molar-refractivity contribution in [2.75, 3.05) is 0 Å². The van der Waals surface area contributed by atoms with Gasteiger partial charge in [-0.25, -0.2) is 8.78 Å². The molecule has 2 rings (SSSR count). The number of hydrogen-bond acceptors (Lipinski definition) is 0. The number of hydrogen-bond donors (Lipinski definition) is 0. The number of rotatable bonds is 2. The van der Waals surface area contributed by atoms with Crippen LogP contribution < -0.4 is 0 Å². The number of halogens is 2. The van der Waals surface area contributed by atoms with Gasteiger partial charge in [-0.1, -0.05) is 48.9 Å². The molecule has 2 aromatic rings. The Kier molecular flexibility index (Phi) is 3.23. The predicted molar refractivity (Wildman–Crippen MR) is 65.9 cm³/mol. The summed E-state index contributed by atoms with van der Waals surface area (Å²) in [6.45, 7) is 3.77. The van der Waals surface area contributed by atoms with Crippen molar-refractivity contribution in [1.82, 2.24) is 0 Å². The fourth-order valence-electron chi connectivity index (χ4n) is 1.82. The van der Waals surface area contributed by atoms with E-state index >= 15 is 0 Å². The smallest absolute Gasteiger partial charge is 0.166 e. The molecule has 0 bridgehead atoms. The highest BCUT2D eigenvalue weighted by Crippen LogP contribution is 2.26. The standard InChI is InChI=1S/C15H14F2/c1-3-11-8-9-13(15(17)14(11)16)12-6-4-10(2)5-7-12/h4-9H,3H2,1-2H3. The molecule has 2 heteroatoms. The Labute approximate surface area is 99.9 Å². The molecule has 0 aromatic heterocycles. The zero-order valence-electron chi connectivity index (χ0n) is 9.93. The van der Waals surface area contributed by atoms with Crippen LogP contribution in [0.2, 0.25) is 0 Å². The van der Waals surface area contributed by atoms with Crippen LogP contribution in [0.15, 0.2) is 36.4 Å².